The third-order valence-electron chi connectivity index (χ3n) is 2.56. The van der Waals surface area contributed by atoms with E-state index in [0.717, 1.165) is 38.5 Å². The first kappa shape index (κ1) is 21.2. The van der Waals surface area contributed by atoms with Gasteiger partial charge in [0.05, 0.1) is 26.1 Å². The van der Waals surface area contributed by atoms with Crippen molar-refractivity contribution in [2.75, 3.05) is 13.2 Å². The van der Waals surface area contributed by atoms with Crippen LogP contribution in [-0.2, 0) is 19.1 Å². The molecule has 1 radical (unpaired) electrons. The average molecular weight is 281 g/mol. The van der Waals surface area contributed by atoms with Gasteiger partial charge in [-0.1, -0.05) is 39.5 Å². The second kappa shape index (κ2) is 16.0. The molecule has 0 aliphatic carbocycles. The molecular formula is C14H26NaO4. The van der Waals surface area contributed by atoms with Gasteiger partial charge in [0.1, 0.15) is 0 Å². The summed E-state index contributed by atoms with van der Waals surface area (Å²) in [4.78, 5) is 22.5. The first-order valence-electron chi connectivity index (χ1n) is 7.02. The van der Waals surface area contributed by atoms with Gasteiger partial charge in [0.15, 0.2) is 0 Å². The van der Waals surface area contributed by atoms with Crippen LogP contribution in [0.3, 0.4) is 0 Å². The fourth-order valence-corrected chi connectivity index (χ4v) is 1.42. The van der Waals surface area contributed by atoms with Gasteiger partial charge >= 0.3 is 11.9 Å². The molecule has 0 aliphatic heterocycles. The summed E-state index contributed by atoms with van der Waals surface area (Å²) >= 11 is 0. The number of hydrogen-bond acceptors (Lipinski definition) is 4. The van der Waals surface area contributed by atoms with Crippen LogP contribution in [0.1, 0.15) is 65.2 Å². The third kappa shape index (κ3) is 15.9. The minimum atomic E-state index is -0.309. The Labute approximate surface area is 138 Å². The van der Waals surface area contributed by atoms with Gasteiger partial charge in [0, 0.05) is 29.6 Å². The van der Waals surface area contributed by atoms with Crippen LogP contribution in [-0.4, -0.2) is 54.7 Å². The van der Waals surface area contributed by atoms with E-state index < -0.39 is 0 Å². The molecule has 0 rings (SSSR count). The van der Waals surface area contributed by atoms with Crippen molar-refractivity contribution in [1.29, 1.82) is 0 Å². The summed E-state index contributed by atoms with van der Waals surface area (Å²) in [5.74, 6) is -0.617. The van der Waals surface area contributed by atoms with Crippen molar-refractivity contribution in [2.45, 2.75) is 65.2 Å². The summed E-state index contributed by atoms with van der Waals surface area (Å²) in [6, 6.07) is 0. The van der Waals surface area contributed by atoms with Crippen molar-refractivity contribution in [2.24, 2.45) is 0 Å². The molecule has 0 fully saturated rings. The third-order valence-corrected chi connectivity index (χ3v) is 2.56. The molecule has 0 N–H and O–H groups in total. The standard InChI is InChI=1S/C14H26O4.Na/c1-3-5-7-11-17-13(15)9-10-14(16)18-12-8-6-4-2;/h3-12H2,1-2H3;. The molecule has 0 bridgehead atoms. The number of carbonyl (C=O) groups is 2. The quantitative estimate of drug-likeness (QED) is 0.332. The van der Waals surface area contributed by atoms with Crippen molar-refractivity contribution in [3.05, 3.63) is 0 Å². The van der Waals surface area contributed by atoms with Crippen LogP contribution in [0.15, 0.2) is 0 Å². The van der Waals surface area contributed by atoms with Gasteiger partial charge in [-0.15, -0.1) is 0 Å². The van der Waals surface area contributed by atoms with E-state index in [1.165, 1.54) is 0 Å². The molecule has 0 saturated carbocycles. The Hall–Kier alpha value is -0.0600. The Bertz CT molecular complexity index is 207. The minimum absolute atomic E-state index is 0. The fourth-order valence-electron chi connectivity index (χ4n) is 1.42. The van der Waals surface area contributed by atoms with E-state index in [4.69, 9.17) is 9.47 Å². The zero-order valence-corrected chi connectivity index (χ0v) is 14.7. The normalized spacial score (nSPS) is 9.58. The van der Waals surface area contributed by atoms with Gasteiger partial charge in [-0.2, -0.15) is 0 Å². The van der Waals surface area contributed by atoms with Crippen LogP contribution in [0.4, 0.5) is 0 Å². The fraction of sp³-hybridized carbons (Fsp3) is 0.857. The van der Waals surface area contributed by atoms with Crippen LogP contribution in [0.2, 0.25) is 0 Å². The molecule has 0 heterocycles. The van der Waals surface area contributed by atoms with E-state index in [1.807, 2.05) is 0 Å². The van der Waals surface area contributed by atoms with E-state index >= 15 is 0 Å². The summed E-state index contributed by atoms with van der Waals surface area (Å²) in [6.45, 7) is 5.10. The van der Waals surface area contributed by atoms with Gasteiger partial charge in [-0.05, 0) is 12.8 Å². The largest absolute Gasteiger partial charge is 0.466 e. The topological polar surface area (TPSA) is 52.6 Å². The maximum atomic E-state index is 11.3. The van der Waals surface area contributed by atoms with Gasteiger partial charge < -0.3 is 9.47 Å². The zero-order chi connectivity index (χ0) is 13.6. The maximum Gasteiger partial charge on any atom is 0.306 e. The number of esters is 2. The van der Waals surface area contributed by atoms with Crippen LogP contribution >= 0.6 is 0 Å². The van der Waals surface area contributed by atoms with Crippen LogP contribution < -0.4 is 0 Å². The molecule has 0 aromatic heterocycles. The predicted molar refractivity (Wildman–Crippen MR) is 76.0 cm³/mol. The van der Waals surface area contributed by atoms with E-state index in [9.17, 15) is 9.59 Å². The molecule has 0 saturated heterocycles. The molecule has 0 aromatic carbocycles. The molecule has 0 spiro atoms. The average Bonchev–Trinajstić information content (AvgIpc) is 2.37. The maximum absolute atomic E-state index is 11.3. The summed E-state index contributed by atoms with van der Waals surface area (Å²) in [6.07, 6.45) is 6.35. The van der Waals surface area contributed by atoms with E-state index in [1.54, 1.807) is 0 Å². The second-order valence-electron chi connectivity index (χ2n) is 4.36. The van der Waals surface area contributed by atoms with Gasteiger partial charge in [0.2, 0.25) is 0 Å². The summed E-state index contributed by atoms with van der Waals surface area (Å²) in [7, 11) is 0. The molecule has 0 unspecified atom stereocenters. The smallest absolute Gasteiger partial charge is 0.306 e. The Balaban J connectivity index is 0. The van der Waals surface area contributed by atoms with E-state index in [0.29, 0.717) is 13.2 Å². The monoisotopic (exact) mass is 281 g/mol. The van der Waals surface area contributed by atoms with Crippen molar-refractivity contribution < 1.29 is 19.1 Å². The number of rotatable bonds is 11. The van der Waals surface area contributed by atoms with Crippen LogP contribution in [0, 0.1) is 0 Å². The van der Waals surface area contributed by atoms with E-state index in [2.05, 4.69) is 13.8 Å². The van der Waals surface area contributed by atoms with Crippen LogP contribution in [0.5, 0.6) is 0 Å². The van der Waals surface area contributed by atoms with Gasteiger partial charge in [-0.3, -0.25) is 9.59 Å². The zero-order valence-electron chi connectivity index (χ0n) is 12.7. The Morgan fingerprint density at radius 1 is 0.737 bits per heavy atom. The van der Waals surface area contributed by atoms with Gasteiger partial charge in [-0.25, -0.2) is 0 Å². The SMILES string of the molecule is CCCCCOC(=O)CCC(=O)OCCCCC.[Na]. The second-order valence-corrected chi connectivity index (χ2v) is 4.36. The minimum Gasteiger partial charge on any atom is -0.466 e. The first-order valence-corrected chi connectivity index (χ1v) is 7.02. The molecule has 0 aromatic rings. The molecule has 5 heteroatoms. The molecule has 0 amide bonds. The Morgan fingerprint density at radius 2 is 1.11 bits per heavy atom. The number of unbranched alkanes of at least 4 members (excludes halogenated alkanes) is 4. The van der Waals surface area contributed by atoms with Crippen molar-refractivity contribution in [3.63, 3.8) is 0 Å². The van der Waals surface area contributed by atoms with Gasteiger partial charge in [0.25, 0.3) is 0 Å². The van der Waals surface area contributed by atoms with Crippen molar-refractivity contribution in [3.8, 4) is 0 Å². The molecule has 0 atom stereocenters. The molecule has 19 heavy (non-hydrogen) atoms. The first-order chi connectivity index (χ1) is 8.70. The van der Waals surface area contributed by atoms with Crippen LogP contribution in [0.25, 0.3) is 0 Å². The molecule has 4 nitrogen and oxygen atoms in total. The summed E-state index contributed by atoms with van der Waals surface area (Å²) in [5, 5.41) is 0. The van der Waals surface area contributed by atoms with Crippen molar-refractivity contribution >= 4 is 41.5 Å². The number of carbonyl (C=O) groups excluding carboxylic acids is 2. The Kier molecular flexibility index (Phi) is 17.9. The molecule has 0 aliphatic rings. The number of ether oxygens (including phenoxy) is 2. The summed E-state index contributed by atoms with van der Waals surface area (Å²) < 4.78 is 9.98. The summed E-state index contributed by atoms with van der Waals surface area (Å²) in [5.41, 5.74) is 0. The van der Waals surface area contributed by atoms with E-state index in [-0.39, 0.29) is 54.3 Å². The molecule has 107 valence electrons. The molecular weight excluding hydrogens is 255 g/mol. The predicted octanol–water partition coefficient (Wildman–Crippen LogP) is 2.85. The Morgan fingerprint density at radius 3 is 1.42 bits per heavy atom. The number of hydrogen-bond donors (Lipinski definition) is 0. The van der Waals surface area contributed by atoms with Crippen molar-refractivity contribution in [1.82, 2.24) is 0 Å².